The maximum atomic E-state index is 11.4. The zero-order valence-corrected chi connectivity index (χ0v) is 12.8. The van der Waals surface area contributed by atoms with Crippen LogP contribution in [0.25, 0.3) is 0 Å². The van der Waals surface area contributed by atoms with Crippen molar-refractivity contribution >= 4 is 5.97 Å². The summed E-state index contributed by atoms with van der Waals surface area (Å²) < 4.78 is 0. The smallest absolute Gasteiger partial charge is 0.321 e. The van der Waals surface area contributed by atoms with Crippen molar-refractivity contribution in [3.63, 3.8) is 0 Å². The molecule has 0 aliphatic heterocycles. The summed E-state index contributed by atoms with van der Waals surface area (Å²) in [6.07, 6.45) is 3.66. The lowest BCUT2D eigenvalue weighted by molar-refractivity contribution is -0.139. The maximum Gasteiger partial charge on any atom is 0.321 e. The minimum atomic E-state index is -0.767. The third-order valence-electron chi connectivity index (χ3n) is 3.89. The van der Waals surface area contributed by atoms with Gasteiger partial charge in [0.2, 0.25) is 0 Å². The molecule has 2 N–H and O–H groups in total. The first-order valence-corrected chi connectivity index (χ1v) is 7.59. The Labute approximate surface area is 122 Å². The predicted molar refractivity (Wildman–Crippen MR) is 82.9 cm³/mol. The van der Waals surface area contributed by atoms with Gasteiger partial charge in [0.15, 0.2) is 0 Å². The second-order valence-electron chi connectivity index (χ2n) is 5.60. The standard InChI is InChI=1S/C17H27NO2/c1-4-13(3)11-15(5-2)18-16(17(19)20)12-14-9-7-6-8-10-14/h6-10,13,15-16,18H,4-5,11-12H2,1-3H3,(H,19,20)/t13?,15?,16-/m1/s1. The van der Waals surface area contributed by atoms with E-state index in [0.29, 0.717) is 12.3 Å². The van der Waals surface area contributed by atoms with Gasteiger partial charge in [0, 0.05) is 6.04 Å². The van der Waals surface area contributed by atoms with E-state index in [4.69, 9.17) is 0 Å². The Kier molecular flexibility index (Phi) is 7.31. The highest BCUT2D eigenvalue weighted by molar-refractivity contribution is 5.74. The zero-order chi connectivity index (χ0) is 15.0. The van der Waals surface area contributed by atoms with Crippen LogP contribution < -0.4 is 5.32 Å². The molecule has 0 fully saturated rings. The molecule has 0 bridgehead atoms. The summed E-state index contributed by atoms with van der Waals surface area (Å²) in [7, 11) is 0. The Bertz CT molecular complexity index is 391. The van der Waals surface area contributed by atoms with Crippen LogP contribution in [0.2, 0.25) is 0 Å². The molecule has 0 saturated carbocycles. The van der Waals surface area contributed by atoms with E-state index in [1.165, 1.54) is 0 Å². The van der Waals surface area contributed by atoms with Gasteiger partial charge in [0.05, 0.1) is 0 Å². The van der Waals surface area contributed by atoms with Gasteiger partial charge < -0.3 is 10.4 Å². The summed E-state index contributed by atoms with van der Waals surface area (Å²) in [4.78, 5) is 11.4. The molecule has 3 atom stereocenters. The van der Waals surface area contributed by atoms with Gasteiger partial charge in [-0.2, -0.15) is 0 Å². The van der Waals surface area contributed by atoms with Gasteiger partial charge in [0.1, 0.15) is 6.04 Å². The monoisotopic (exact) mass is 277 g/mol. The summed E-state index contributed by atoms with van der Waals surface area (Å²) in [6, 6.07) is 9.57. The molecular formula is C17H27NO2. The summed E-state index contributed by atoms with van der Waals surface area (Å²) in [5, 5.41) is 12.7. The van der Waals surface area contributed by atoms with Crippen molar-refractivity contribution in [2.45, 2.75) is 58.5 Å². The van der Waals surface area contributed by atoms with E-state index in [2.05, 4.69) is 26.1 Å². The van der Waals surface area contributed by atoms with Crippen molar-refractivity contribution in [2.75, 3.05) is 0 Å². The molecule has 0 aliphatic carbocycles. The highest BCUT2D eigenvalue weighted by atomic mass is 16.4. The van der Waals surface area contributed by atoms with Crippen LogP contribution in [0, 0.1) is 5.92 Å². The van der Waals surface area contributed by atoms with Gasteiger partial charge in [-0.05, 0) is 30.7 Å². The fourth-order valence-corrected chi connectivity index (χ4v) is 2.36. The van der Waals surface area contributed by atoms with E-state index in [1.54, 1.807) is 0 Å². The molecule has 112 valence electrons. The van der Waals surface area contributed by atoms with Crippen LogP contribution >= 0.6 is 0 Å². The Morgan fingerprint density at radius 1 is 1.20 bits per heavy atom. The number of carboxylic acids is 1. The van der Waals surface area contributed by atoms with Crippen LogP contribution in [0.5, 0.6) is 0 Å². The second-order valence-corrected chi connectivity index (χ2v) is 5.60. The SMILES string of the molecule is CCC(C)CC(CC)N[C@H](Cc1ccccc1)C(=O)O. The molecule has 3 heteroatoms. The summed E-state index contributed by atoms with van der Waals surface area (Å²) in [6.45, 7) is 6.51. The molecule has 3 nitrogen and oxygen atoms in total. The molecule has 0 spiro atoms. The molecule has 1 rings (SSSR count). The van der Waals surface area contributed by atoms with Crippen molar-refractivity contribution in [2.24, 2.45) is 5.92 Å². The van der Waals surface area contributed by atoms with Gasteiger partial charge in [-0.25, -0.2) is 0 Å². The number of hydrogen-bond acceptors (Lipinski definition) is 2. The third-order valence-corrected chi connectivity index (χ3v) is 3.89. The van der Waals surface area contributed by atoms with E-state index in [0.717, 1.165) is 24.8 Å². The summed E-state index contributed by atoms with van der Waals surface area (Å²) >= 11 is 0. The van der Waals surface area contributed by atoms with Crippen molar-refractivity contribution in [1.29, 1.82) is 0 Å². The van der Waals surface area contributed by atoms with Crippen LogP contribution in [0.1, 0.15) is 45.6 Å². The number of benzene rings is 1. The number of rotatable bonds is 9. The van der Waals surface area contributed by atoms with E-state index in [9.17, 15) is 9.90 Å². The van der Waals surface area contributed by atoms with E-state index in [-0.39, 0.29) is 6.04 Å². The van der Waals surface area contributed by atoms with Gasteiger partial charge in [-0.3, -0.25) is 4.79 Å². The Morgan fingerprint density at radius 2 is 1.85 bits per heavy atom. The molecule has 0 aromatic heterocycles. The highest BCUT2D eigenvalue weighted by Gasteiger charge is 2.21. The molecular weight excluding hydrogens is 250 g/mol. The Balaban J connectivity index is 2.64. The predicted octanol–water partition coefficient (Wildman–Crippen LogP) is 3.49. The molecule has 2 unspecified atom stereocenters. The van der Waals surface area contributed by atoms with Crippen molar-refractivity contribution in [1.82, 2.24) is 5.32 Å². The first kappa shape index (κ1) is 16.7. The third kappa shape index (κ3) is 5.74. The average molecular weight is 277 g/mol. The first-order valence-electron chi connectivity index (χ1n) is 7.59. The van der Waals surface area contributed by atoms with Crippen molar-refractivity contribution < 1.29 is 9.90 Å². The fourth-order valence-electron chi connectivity index (χ4n) is 2.36. The lowest BCUT2D eigenvalue weighted by atomic mass is 9.96. The van der Waals surface area contributed by atoms with E-state index in [1.807, 2.05) is 30.3 Å². The second kappa shape index (κ2) is 8.75. The van der Waals surface area contributed by atoms with E-state index >= 15 is 0 Å². The number of carbonyl (C=O) groups is 1. The molecule has 0 radical (unpaired) electrons. The minimum absolute atomic E-state index is 0.273. The molecule has 0 heterocycles. The van der Waals surface area contributed by atoms with Crippen molar-refractivity contribution in [3.8, 4) is 0 Å². The van der Waals surface area contributed by atoms with Crippen LogP contribution in [-0.2, 0) is 11.2 Å². The van der Waals surface area contributed by atoms with Gasteiger partial charge in [-0.15, -0.1) is 0 Å². The lowest BCUT2D eigenvalue weighted by Gasteiger charge is -2.24. The van der Waals surface area contributed by atoms with Gasteiger partial charge >= 0.3 is 5.97 Å². The summed E-state index contributed by atoms with van der Waals surface area (Å²) in [5.74, 6) is -0.143. The molecule has 0 aliphatic rings. The van der Waals surface area contributed by atoms with Gasteiger partial charge in [-0.1, -0.05) is 57.5 Å². The number of hydrogen-bond donors (Lipinski definition) is 2. The normalized spacial score (nSPS) is 15.6. The highest BCUT2D eigenvalue weighted by Crippen LogP contribution is 2.13. The molecule has 1 aromatic rings. The Hall–Kier alpha value is -1.35. The number of carboxylic acid groups (broad SMARTS) is 1. The van der Waals surface area contributed by atoms with Crippen LogP contribution in [0.15, 0.2) is 30.3 Å². The largest absolute Gasteiger partial charge is 0.480 e. The molecule has 0 saturated heterocycles. The van der Waals surface area contributed by atoms with Crippen LogP contribution in [0.3, 0.4) is 0 Å². The zero-order valence-electron chi connectivity index (χ0n) is 12.8. The topological polar surface area (TPSA) is 49.3 Å². The average Bonchev–Trinajstić information content (AvgIpc) is 2.46. The number of aliphatic carboxylic acids is 1. The number of nitrogens with one attached hydrogen (secondary N) is 1. The Morgan fingerprint density at radius 3 is 2.35 bits per heavy atom. The summed E-state index contributed by atoms with van der Waals surface area (Å²) in [5.41, 5.74) is 1.06. The molecule has 20 heavy (non-hydrogen) atoms. The lowest BCUT2D eigenvalue weighted by Crippen LogP contribution is -2.45. The van der Waals surface area contributed by atoms with Crippen LogP contribution in [-0.4, -0.2) is 23.2 Å². The van der Waals surface area contributed by atoms with Crippen LogP contribution in [0.4, 0.5) is 0 Å². The quantitative estimate of drug-likeness (QED) is 0.726. The first-order chi connectivity index (χ1) is 9.56. The fraction of sp³-hybridized carbons (Fsp3) is 0.588. The molecule has 1 aromatic carbocycles. The van der Waals surface area contributed by atoms with Gasteiger partial charge in [0.25, 0.3) is 0 Å². The van der Waals surface area contributed by atoms with Crippen molar-refractivity contribution in [3.05, 3.63) is 35.9 Å². The van der Waals surface area contributed by atoms with E-state index < -0.39 is 12.0 Å². The maximum absolute atomic E-state index is 11.4. The molecule has 0 amide bonds. The minimum Gasteiger partial charge on any atom is -0.480 e.